The van der Waals surface area contributed by atoms with Gasteiger partial charge < -0.3 is 28.8 Å². The number of carbonyl (C=O) groups is 12. The van der Waals surface area contributed by atoms with E-state index in [-0.39, 0.29) is 70.1 Å². The molecule has 0 spiro atoms. The molecule has 20 nitrogen and oxygen atoms in total. The van der Waals surface area contributed by atoms with Crippen LogP contribution in [0, 0.1) is 0 Å². The molecular weight excluding hydrogens is 1910 g/mol. The molecule has 6 aromatic rings. The molecule has 700 valence electrons. The second kappa shape index (κ2) is 69.8. The average Bonchev–Trinajstić information content (AvgIpc) is 1.72. The Hall–Kier alpha value is -7.94. The molecule has 0 atom stereocenters. The average molecular weight is 2030 g/mol. The zero-order valence-corrected chi connectivity index (χ0v) is 88.7. The molecule has 0 radical (unpaired) electrons. The van der Waals surface area contributed by atoms with Gasteiger partial charge in [0, 0.05) is 99.9 Å². The van der Waals surface area contributed by atoms with E-state index in [1.807, 2.05) is 239 Å². The Bertz CT molecular complexity index is 4410. The van der Waals surface area contributed by atoms with E-state index >= 15 is 0 Å². The third-order valence-electron chi connectivity index (χ3n) is 16.5. The minimum atomic E-state index is -0.103. The number of hydrogen-bond acceptors (Lipinski definition) is 28. The number of thioether (sulfide) groups is 6. The summed E-state index contributed by atoms with van der Waals surface area (Å²) in [6.45, 7) is 36.4. The number of Topliss-reactive ketones (excluding diaryl/α,β-unsaturated/α-hetero) is 6. The zero-order valence-electron chi connectivity index (χ0n) is 77.2. The molecule has 6 saturated heterocycles. The lowest BCUT2D eigenvalue weighted by atomic mass is 10.2. The fourth-order valence-electron chi connectivity index (χ4n) is 10.7. The Morgan fingerprint density at radius 2 is 0.469 bits per heavy atom. The molecule has 6 aliphatic heterocycles. The van der Waals surface area contributed by atoms with Crippen molar-refractivity contribution in [2.24, 2.45) is 0 Å². The van der Waals surface area contributed by atoms with Gasteiger partial charge in [-0.15, -0.1) is 22.7 Å². The summed E-state index contributed by atoms with van der Waals surface area (Å²) in [5.41, 5.74) is 3.43. The fourth-order valence-corrected chi connectivity index (χ4v) is 19.9. The first kappa shape index (κ1) is 120. The molecule has 6 fully saturated rings. The molecule has 12 rings (SSSR count). The minimum Gasteiger partial charge on any atom is -0.300 e. The molecule has 130 heavy (non-hydrogen) atoms. The molecule has 4 aromatic heterocycles. The van der Waals surface area contributed by atoms with Gasteiger partial charge in [-0.2, -0.15) is 0 Å². The number of pyridine rings is 2. The minimum absolute atomic E-state index is 0.0491. The van der Waals surface area contributed by atoms with Gasteiger partial charge in [0.25, 0.3) is 35.4 Å². The Morgan fingerprint density at radius 1 is 0.269 bits per heavy atom. The van der Waals surface area contributed by atoms with E-state index in [0.29, 0.717) is 172 Å². The van der Waals surface area contributed by atoms with Gasteiger partial charge in [-0.25, -0.2) is 0 Å². The standard InChI is InChI=1S/2C15H15NO2S2.2C14H14N2O2S2.2C13H13NO2S3.6C2H6/c2*1-11(17)6-5-9-16-14(18)13(20-15(16)19)10-12-7-3-2-4-8-12;2*1-10(17)5-4-8-16-13(18)12(20-14(16)19)9-11-6-2-3-7-15-11;2*1-9(15)4-2-6-14-12(16)11(19-13(14)17)8-10-5-3-7-18-10;6*1-2/h2*2-4,7-8,10H,5-6,9H2,1H3;2*2-3,6-7,9H,4-5,8H2,1H3;2*3,5,7-8H,2,4,6H2,1H3;6*1-2H3/b2*13-10-;2*12-9-;2*11-8-;;;;;;. The van der Waals surface area contributed by atoms with E-state index in [9.17, 15) is 57.5 Å². The van der Waals surface area contributed by atoms with E-state index in [0.717, 1.165) is 32.3 Å². The van der Waals surface area contributed by atoms with Gasteiger partial charge in [0.2, 0.25) is 0 Å². The van der Waals surface area contributed by atoms with E-state index < -0.39 is 0 Å². The van der Waals surface area contributed by atoms with Crippen molar-refractivity contribution in [1.82, 2.24) is 39.4 Å². The molecule has 34 heteroatoms. The molecule has 6 aliphatic rings. The molecule has 6 amide bonds. The van der Waals surface area contributed by atoms with Crippen LogP contribution in [0.3, 0.4) is 0 Å². The van der Waals surface area contributed by atoms with Crippen LogP contribution in [0.4, 0.5) is 0 Å². The second-order valence-corrected chi connectivity index (χ2v) is 38.2. The van der Waals surface area contributed by atoms with E-state index in [1.165, 1.54) is 70.6 Å². The van der Waals surface area contributed by atoms with Crippen LogP contribution in [0.5, 0.6) is 0 Å². The number of rotatable bonds is 30. The summed E-state index contributed by atoms with van der Waals surface area (Å²) >= 11 is 42.3. The third-order valence-corrected chi connectivity index (χ3v) is 26.4. The summed E-state index contributed by atoms with van der Waals surface area (Å²) in [6.07, 6.45) is 21.1. The first-order chi connectivity index (χ1) is 62.5. The van der Waals surface area contributed by atoms with Gasteiger partial charge in [-0.05, 0) is 175 Å². The summed E-state index contributed by atoms with van der Waals surface area (Å²) in [5, 5.41) is 3.94. The molecule has 0 unspecified atom stereocenters. The predicted molar refractivity (Wildman–Crippen MR) is 577 cm³/mol. The number of nitrogens with zero attached hydrogens (tertiary/aromatic N) is 8. The molecule has 0 aliphatic carbocycles. The van der Waals surface area contributed by atoms with Crippen molar-refractivity contribution < 1.29 is 57.5 Å². The van der Waals surface area contributed by atoms with Crippen LogP contribution < -0.4 is 0 Å². The number of amides is 6. The maximum absolute atomic E-state index is 12.3. The topological polar surface area (TPSA) is 250 Å². The zero-order chi connectivity index (χ0) is 97.8. The number of carbonyl (C=O) groups excluding carboxylic acids is 12. The second-order valence-electron chi connectivity index (χ2n) is 26.2. The lowest BCUT2D eigenvalue weighted by Crippen LogP contribution is -2.29. The Labute approximate surface area is 835 Å². The van der Waals surface area contributed by atoms with Crippen LogP contribution >= 0.6 is 167 Å². The van der Waals surface area contributed by atoms with Crippen LogP contribution in [0.15, 0.2) is 174 Å². The number of hydrogen-bond donors (Lipinski definition) is 0. The first-order valence-corrected chi connectivity index (χ1v) is 52.1. The summed E-state index contributed by atoms with van der Waals surface area (Å²) < 4.78 is 3.38. The molecule has 0 bridgehead atoms. The summed E-state index contributed by atoms with van der Waals surface area (Å²) in [7, 11) is 0. The highest BCUT2D eigenvalue weighted by Gasteiger charge is 2.37. The number of ketones is 6. The van der Waals surface area contributed by atoms with Gasteiger partial charge in [0.1, 0.15) is 60.6 Å². The van der Waals surface area contributed by atoms with Gasteiger partial charge in [-0.1, -0.05) is 312 Å². The lowest BCUT2D eigenvalue weighted by molar-refractivity contribution is -0.123. The number of aromatic nitrogens is 2. The van der Waals surface area contributed by atoms with Crippen LogP contribution in [-0.2, 0) is 57.5 Å². The van der Waals surface area contributed by atoms with E-state index in [2.05, 4.69) is 9.97 Å². The highest BCUT2D eigenvalue weighted by molar-refractivity contribution is 8.28. The van der Waals surface area contributed by atoms with Crippen LogP contribution in [0.1, 0.15) is 234 Å². The largest absolute Gasteiger partial charge is 0.300 e. The van der Waals surface area contributed by atoms with E-state index in [1.54, 1.807) is 118 Å². The van der Waals surface area contributed by atoms with Crippen molar-refractivity contribution in [3.05, 3.63) is 206 Å². The fraction of sp³-hybridized carbons (Fsp3) is 0.375. The quantitative estimate of drug-likeness (QED) is 0.0300. The molecular formula is C96H120N8O12S14. The molecule has 10 heterocycles. The van der Waals surface area contributed by atoms with Crippen molar-refractivity contribution in [1.29, 1.82) is 0 Å². The van der Waals surface area contributed by atoms with Crippen LogP contribution in [0.2, 0.25) is 0 Å². The SMILES string of the molecule is CC.CC.CC.CC.CC.CC.CC(=O)CCCN1C(=O)/C(=C/c2ccccc2)SC1=S.CC(=O)CCCN1C(=O)/C(=C/c2ccccc2)SC1=S.CC(=O)CCCN1C(=O)/C(=C/c2ccccn2)SC1=S.CC(=O)CCCN1C(=O)/C(=C/c2ccccn2)SC1=S.CC(=O)CCCN1C(=O)/C(=C/c2cccs2)SC1=S.CC(=O)CCCN1C(=O)/C(=C/c2cccs2)SC1=S. The van der Waals surface area contributed by atoms with Crippen molar-refractivity contribution in [2.45, 2.75) is 202 Å². The van der Waals surface area contributed by atoms with E-state index in [4.69, 9.17) is 73.3 Å². The molecule has 2 aromatic carbocycles. The molecule has 0 saturated carbocycles. The van der Waals surface area contributed by atoms with Crippen LogP contribution in [0.25, 0.3) is 36.5 Å². The maximum Gasteiger partial charge on any atom is 0.266 e. The summed E-state index contributed by atoms with van der Waals surface area (Å²) in [4.78, 5) is 163. The van der Waals surface area contributed by atoms with Gasteiger partial charge >= 0.3 is 0 Å². The Balaban J connectivity index is 0.000000761. The number of benzene rings is 2. The normalized spacial score (nSPS) is 15.9. The number of thiophene rings is 2. The summed E-state index contributed by atoms with van der Waals surface area (Å²) in [5.74, 6) is 0.366. The Kier molecular flexibility index (Phi) is 64.5. The predicted octanol–water partition coefficient (Wildman–Crippen LogP) is 24.6. The van der Waals surface area contributed by atoms with Gasteiger partial charge in [0.05, 0.1) is 40.8 Å². The van der Waals surface area contributed by atoms with Gasteiger partial charge in [-0.3, -0.25) is 68.1 Å². The highest BCUT2D eigenvalue weighted by Crippen LogP contribution is 2.39. The molecule has 0 N–H and O–H groups in total. The van der Waals surface area contributed by atoms with Crippen molar-refractivity contribution in [3.63, 3.8) is 0 Å². The van der Waals surface area contributed by atoms with Crippen LogP contribution in [-0.4, -0.2) is 175 Å². The van der Waals surface area contributed by atoms with Gasteiger partial charge in [0.15, 0.2) is 0 Å². The lowest BCUT2D eigenvalue weighted by Gasteiger charge is -2.13. The smallest absolute Gasteiger partial charge is 0.266 e. The highest BCUT2D eigenvalue weighted by atomic mass is 32.2. The number of thiocarbonyl (C=S) groups is 6. The first-order valence-electron chi connectivity index (χ1n) is 42.9. The van der Waals surface area contributed by atoms with Crippen molar-refractivity contribution >= 4 is 299 Å². The monoisotopic (exact) mass is 2020 g/mol. The maximum atomic E-state index is 12.3. The third kappa shape index (κ3) is 45.2. The van der Waals surface area contributed by atoms with Crippen molar-refractivity contribution in [3.8, 4) is 0 Å². The summed E-state index contributed by atoms with van der Waals surface area (Å²) in [6, 6.07) is 38.3. The van der Waals surface area contributed by atoms with Crippen molar-refractivity contribution in [2.75, 3.05) is 39.3 Å². The Morgan fingerprint density at radius 3 is 0.654 bits per heavy atom.